The van der Waals surface area contributed by atoms with Crippen molar-refractivity contribution in [3.63, 3.8) is 0 Å². The van der Waals surface area contributed by atoms with Crippen LogP contribution < -0.4 is 9.92 Å². The van der Waals surface area contributed by atoms with Crippen molar-refractivity contribution in [1.82, 2.24) is 0 Å². The molecular formula is C9H12FNO3S. The van der Waals surface area contributed by atoms with E-state index in [9.17, 15) is 12.3 Å². The molecule has 0 radical (unpaired) electrons. The first kappa shape index (κ1) is 11.8. The Balaban J connectivity index is 3.18. The molecule has 1 aromatic rings. The first-order valence-electron chi connectivity index (χ1n) is 4.33. The van der Waals surface area contributed by atoms with Crippen LogP contribution in [0.5, 0.6) is 5.75 Å². The first-order valence-corrected chi connectivity index (χ1v) is 5.64. The summed E-state index contributed by atoms with van der Waals surface area (Å²) >= 11 is 0. The van der Waals surface area contributed by atoms with E-state index in [1.54, 1.807) is 6.07 Å². The molecule has 1 rings (SSSR count). The molecule has 84 valence electrons. The minimum Gasteiger partial charge on any atom is -0.399 e. The quantitative estimate of drug-likeness (QED) is 0.640. The van der Waals surface area contributed by atoms with Crippen molar-refractivity contribution < 1.29 is 16.5 Å². The van der Waals surface area contributed by atoms with Crippen LogP contribution >= 0.6 is 0 Å². The molecule has 0 aliphatic carbocycles. The zero-order chi connectivity index (χ0) is 11.6. The lowest BCUT2D eigenvalue weighted by Gasteiger charge is -2.11. The summed E-state index contributed by atoms with van der Waals surface area (Å²) in [5, 5.41) is 0. The highest BCUT2D eigenvalue weighted by Crippen LogP contribution is 2.29. The Morgan fingerprint density at radius 2 is 2.00 bits per heavy atom. The third-order valence-electron chi connectivity index (χ3n) is 1.85. The average Bonchev–Trinajstić information content (AvgIpc) is 2.05. The summed E-state index contributed by atoms with van der Waals surface area (Å²) in [7, 11) is -4.99. The lowest BCUT2D eigenvalue weighted by atomic mass is 10.0. The van der Waals surface area contributed by atoms with E-state index in [0.29, 0.717) is 11.3 Å². The Labute approximate surface area is 88.3 Å². The van der Waals surface area contributed by atoms with Gasteiger partial charge in [0.2, 0.25) is 0 Å². The molecule has 0 aromatic heterocycles. The zero-order valence-electron chi connectivity index (χ0n) is 8.40. The third kappa shape index (κ3) is 3.39. The maximum absolute atomic E-state index is 12.3. The van der Waals surface area contributed by atoms with Crippen LogP contribution in [0.1, 0.15) is 25.3 Å². The number of benzene rings is 1. The van der Waals surface area contributed by atoms with Gasteiger partial charge in [-0.1, -0.05) is 17.7 Å². The first-order chi connectivity index (χ1) is 6.79. The molecule has 15 heavy (non-hydrogen) atoms. The number of nitrogens with two attached hydrogens (primary N) is 1. The van der Waals surface area contributed by atoms with Crippen molar-refractivity contribution in [3.8, 4) is 5.75 Å². The fourth-order valence-corrected chi connectivity index (χ4v) is 1.57. The number of hydrogen-bond acceptors (Lipinski definition) is 4. The van der Waals surface area contributed by atoms with Gasteiger partial charge in [-0.25, -0.2) is 0 Å². The van der Waals surface area contributed by atoms with Crippen molar-refractivity contribution in [2.45, 2.75) is 19.8 Å². The lowest BCUT2D eigenvalue weighted by molar-refractivity contribution is 0.436. The summed E-state index contributed by atoms with van der Waals surface area (Å²) in [4.78, 5) is 0. The van der Waals surface area contributed by atoms with Gasteiger partial charge < -0.3 is 9.92 Å². The van der Waals surface area contributed by atoms with Crippen LogP contribution in [0.3, 0.4) is 0 Å². The molecule has 0 saturated heterocycles. The maximum atomic E-state index is 12.3. The van der Waals surface area contributed by atoms with Gasteiger partial charge in [-0.15, -0.1) is 0 Å². The second-order valence-corrected chi connectivity index (χ2v) is 4.38. The van der Waals surface area contributed by atoms with Crippen LogP contribution in [0.4, 0.5) is 9.57 Å². The predicted molar refractivity (Wildman–Crippen MR) is 55.6 cm³/mol. The van der Waals surface area contributed by atoms with E-state index in [4.69, 9.17) is 5.73 Å². The maximum Gasteiger partial charge on any atom is 0.488 e. The van der Waals surface area contributed by atoms with Gasteiger partial charge in [0.1, 0.15) is 5.75 Å². The summed E-state index contributed by atoms with van der Waals surface area (Å²) in [6.07, 6.45) is 0. The van der Waals surface area contributed by atoms with Gasteiger partial charge in [0.15, 0.2) is 0 Å². The van der Waals surface area contributed by atoms with Gasteiger partial charge >= 0.3 is 10.5 Å². The predicted octanol–water partition coefficient (Wildman–Crippen LogP) is 1.99. The van der Waals surface area contributed by atoms with Crippen molar-refractivity contribution in [2.24, 2.45) is 0 Å². The van der Waals surface area contributed by atoms with Crippen molar-refractivity contribution in [2.75, 3.05) is 5.73 Å². The van der Waals surface area contributed by atoms with E-state index in [2.05, 4.69) is 4.18 Å². The second-order valence-electron chi connectivity index (χ2n) is 3.43. The molecule has 0 aliphatic heterocycles. The molecule has 2 N–H and O–H groups in total. The Morgan fingerprint density at radius 1 is 1.40 bits per heavy atom. The molecule has 0 aliphatic rings. The van der Waals surface area contributed by atoms with E-state index in [-0.39, 0.29) is 11.7 Å². The van der Waals surface area contributed by atoms with E-state index >= 15 is 0 Å². The molecule has 4 nitrogen and oxygen atoms in total. The van der Waals surface area contributed by atoms with Gasteiger partial charge in [0.05, 0.1) is 0 Å². The number of halogens is 1. The van der Waals surface area contributed by atoms with Crippen LogP contribution in [0.2, 0.25) is 0 Å². The summed E-state index contributed by atoms with van der Waals surface area (Å²) in [6, 6.07) is 4.35. The van der Waals surface area contributed by atoms with Gasteiger partial charge in [0, 0.05) is 11.3 Å². The van der Waals surface area contributed by atoms with Gasteiger partial charge in [-0.05, 0) is 24.1 Å². The lowest BCUT2D eigenvalue weighted by Crippen LogP contribution is -2.05. The van der Waals surface area contributed by atoms with Crippen LogP contribution in [0.15, 0.2) is 18.2 Å². The van der Waals surface area contributed by atoms with Crippen molar-refractivity contribution in [1.29, 1.82) is 0 Å². The zero-order valence-corrected chi connectivity index (χ0v) is 9.21. The van der Waals surface area contributed by atoms with E-state index < -0.39 is 10.5 Å². The molecule has 6 heteroatoms. The van der Waals surface area contributed by atoms with Crippen LogP contribution in [-0.2, 0) is 10.5 Å². The van der Waals surface area contributed by atoms with Gasteiger partial charge in [0.25, 0.3) is 0 Å². The van der Waals surface area contributed by atoms with E-state index in [1.807, 2.05) is 13.8 Å². The Morgan fingerprint density at radius 3 is 2.47 bits per heavy atom. The number of rotatable bonds is 3. The van der Waals surface area contributed by atoms with E-state index in [1.165, 1.54) is 12.1 Å². The van der Waals surface area contributed by atoms with Crippen molar-refractivity contribution in [3.05, 3.63) is 23.8 Å². The van der Waals surface area contributed by atoms with Crippen molar-refractivity contribution >= 4 is 16.2 Å². The molecule has 0 fully saturated rings. The summed E-state index contributed by atoms with van der Waals surface area (Å²) < 4.78 is 37.2. The highest BCUT2D eigenvalue weighted by molar-refractivity contribution is 7.81. The van der Waals surface area contributed by atoms with Crippen LogP contribution in [0, 0.1) is 0 Å². The average molecular weight is 233 g/mol. The molecule has 0 spiro atoms. The molecule has 0 heterocycles. The largest absolute Gasteiger partial charge is 0.488 e. The fraction of sp³-hybridized carbons (Fsp3) is 0.333. The highest BCUT2D eigenvalue weighted by Gasteiger charge is 2.15. The Hall–Kier alpha value is -1.30. The third-order valence-corrected chi connectivity index (χ3v) is 2.22. The second kappa shape index (κ2) is 4.06. The molecular weight excluding hydrogens is 221 g/mol. The highest BCUT2D eigenvalue weighted by atomic mass is 32.3. The molecule has 0 amide bonds. The molecule has 1 aromatic carbocycles. The van der Waals surface area contributed by atoms with Crippen LogP contribution in [-0.4, -0.2) is 8.42 Å². The summed E-state index contributed by atoms with van der Waals surface area (Å²) in [5.74, 6) is -0.0352. The monoisotopic (exact) mass is 233 g/mol. The molecule has 0 saturated carbocycles. The number of anilines is 1. The SMILES string of the molecule is CC(C)c1cc(N)ccc1OS(=O)(=O)F. The summed E-state index contributed by atoms with van der Waals surface area (Å²) in [6.45, 7) is 3.65. The van der Waals surface area contributed by atoms with Gasteiger partial charge in [-0.3, -0.25) is 0 Å². The Kier molecular flexibility index (Phi) is 3.18. The standard InChI is InChI=1S/C9H12FNO3S/c1-6(2)8-5-7(11)3-4-9(8)14-15(10,12)13/h3-6H,11H2,1-2H3. The van der Waals surface area contributed by atoms with Crippen LogP contribution in [0.25, 0.3) is 0 Å². The summed E-state index contributed by atoms with van der Waals surface area (Å²) in [5.41, 5.74) is 6.56. The molecule has 0 bridgehead atoms. The normalized spacial score (nSPS) is 11.7. The number of hydrogen-bond donors (Lipinski definition) is 1. The molecule has 0 atom stereocenters. The smallest absolute Gasteiger partial charge is 0.399 e. The van der Waals surface area contributed by atoms with Gasteiger partial charge in [-0.2, -0.15) is 8.42 Å². The minimum atomic E-state index is -4.99. The Bertz CT molecular complexity index is 456. The molecule has 0 unspecified atom stereocenters. The fourth-order valence-electron chi connectivity index (χ4n) is 1.20. The topological polar surface area (TPSA) is 69.4 Å². The van der Waals surface area contributed by atoms with E-state index in [0.717, 1.165) is 0 Å². The minimum absolute atomic E-state index is 0.00903. The number of nitrogen functional groups attached to an aromatic ring is 1.